The summed E-state index contributed by atoms with van der Waals surface area (Å²) in [5.74, 6) is 0.907. The molecular weight excluding hydrogens is 174 g/mol. The van der Waals surface area contributed by atoms with Crippen LogP contribution in [0.4, 0.5) is 0 Å². The van der Waals surface area contributed by atoms with E-state index < -0.39 is 0 Å². The van der Waals surface area contributed by atoms with Gasteiger partial charge in [-0.25, -0.2) is 0 Å². The lowest BCUT2D eigenvalue weighted by Crippen LogP contribution is -2.35. The summed E-state index contributed by atoms with van der Waals surface area (Å²) in [6, 6.07) is 0. The first-order valence-corrected chi connectivity index (χ1v) is 5.98. The Morgan fingerprint density at radius 2 is 1.93 bits per heavy atom. The molecule has 2 nitrogen and oxygen atoms in total. The van der Waals surface area contributed by atoms with E-state index in [4.69, 9.17) is 5.11 Å². The van der Waals surface area contributed by atoms with Gasteiger partial charge in [0.05, 0.1) is 0 Å². The molecule has 0 saturated heterocycles. The van der Waals surface area contributed by atoms with Gasteiger partial charge in [-0.3, -0.25) is 0 Å². The van der Waals surface area contributed by atoms with E-state index >= 15 is 0 Å². The minimum absolute atomic E-state index is 0.302. The van der Waals surface area contributed by atoms with Crippen molar-refractivity contribution in [2.75, 3.05) is 19.7 Å². The van der Waals surface area contributed by atoms with Crippen molar-refractivity contribution in [3.8, 4) is 0 Å². The standard InChI is InChI=1S/C12H25NO/c1-12(2,10-13-8-5-9-14)11-6-3-4-7-11/h11,13-14H,3-10H2,1-2H3. The SMILES string of the molecule is CC(C)(CNCCCO)C1CCCC1. The van der Waals surface area contributed by atoms with Gasteiger partial charge < -0.3 is 10.4 Å². The minimum Gasteiger partial charge on any atom is -0.396 e. The number of aliphatic hydroxyl groups is 1. The highest BCUT2D eigenvalue weighted by atomic mass is 16.3. The Bertz CT molecular complexity index is 150. The van der Waals surface area contributed by atoms with E-state index in [-0.39, 0.29) is 0 Å². The molecule has 0 atom stereocenters. The molecule has 0 bridgehead atoms. The fraction of sp³-hybridized carbons (Fsp3) is 1.00. The van der Waals surface area contributed by atoms with E-state index in [2.05, 4.69) is 19.2 Å². The van der Waals surface area contributed by atoms with Gasteiger partial charge in [-0.1, -0.05) is 26.7 Å². The fourth-order valence-corrected chi connectivity index (χ4v) is 2.47. The van der Waals surface area contributed by atoms with Gasteiger partial charge in [0.2, 0.25) is 0 Å². The molecule has 0 aromatic rings. The van der Waals surface area contributed by atoms with Gasteiger partial charge in [0.25, 0.3) is 0 Å². The molecule has 1 aliphatic rings. The van der Waals surface area contributed by atoms with Crippen LogP contribution in [-0.2, 0) is 0 Å². The van der Waals surface area contributed by atoms with Gasteiger partial charge in [-0.15, -0.1) is 0 Å². The Balaban J connectivity index is 2.19. The quantitative estimate of drug-likeness (QED) is 0.643. The third-order valence-corrected chi connectivity index (χ3v) is 3.55. The first kappa shape index (κ1) is 12.0. The highest BCUT2D eigenvalue weighted by molar-refractivity contribution is 4.83. The maximum atomic E-state index is 8.67. The number of rotatable bonds is 6. The van der Waals surface area contributed by atoms with E-state index in [1.54, 1.807) is 0 Å². The van der Waals surface area contributed by atoms with E-state index in [9.17, 15) is 0 Å². The second-order valence-corrected chi connectivity index (χ2v) is 5.22. The molecule has 84 valence electrons. The van der Waals surface area contributed by atoms with E-state index in [0.717, 1.165) is 25.4 Å². The summed E-state index contributed by atoms with van der Waals surface area (Å²) in [5, 5.41) is 12.1. The van der Waals surface area contributed by atoms with Gasteiger partial charge in [-0.05, 0) is 37.1 Å². The van der Waals surface area contributed by atoms with Crippen molar-refractivity contribution in [3.05, 3.63) is 0 Å². The zero-order chi connectivity index (χ0) is 10.4. The van der Waals surface area contributed by atoms with Crippen molar-refractivity contribution in [1.82, 2.24) is 5.32 Å². The summed E-state index contributed by atoms with van der Waals surface area (Å²) >= 11 is 0. The van der Waals surface area contributed by atoms with Gasteiger partial charge in [0.1, 0.15) is 0 Å². The average molecular weight is 199 g/mol. The van der Waals surface area contributed by atoms with Crippen molar-refractivity contribution in [3.63, 3.8) is 0 Å². The maximum absolute atomic E-state index is 8.67. The second kappa shape index (κ2) is 5.72. The fourth-order valence-electron chi connectivity index (χ4n) is 2.47. The lowest BCUT2D eigenvalue weighted by atomic mass is 9.78. The average Bonchev–Trinajstić information content (AvgIpc) is 2.65. The van der Waals surface area contributed by atoms with Crippen LogP contribution in [0.5, 0.6) is 0 Å². The van der Waals surface area contributed by atoms with Crippen LogP contribution in [0.1, 0.15) is 46.0 Å². The molecule has 2 N–H and O–H groups in total. The molecule has 2 heteroatoms. The molecule has 0 amide bonds. The molecule has 0 heterocycles. The van der Waals surface area contributed by atoms with Crippen LogP contribution >= 0.6 is 0 Å². The molecule has 0 aliphatic heterocycles. The lowest BCUT2D eigenvalue weighted by molar-refractivity contribution is 0.205. The van der Waals surface area contributed by atoms with Crippen molar-refractivity contribution in [2.24, 2.45) is 11.3 Å². The predicted octanol–water partition coefficient (Wildman–Crippen LogP) is 2.17. The van der Waals surface area contributed by atoms with Gasteiger partial charge in [0.15, 0.2) is 0 Å². The minimum atomic E-state index is 0.302. The van der Waals surface area contributed by atoms with E-state index in [1.807, 2.05) is 0 Å². The monoisotopic (exact) mass is 199 g/mol. The van der Waals surface area contributed by atoms with Crippen LogP contribution < -0.4 is 5.32 Å². The molecule has 0 unspecified atom stereocenters. The first-order valence-electron chi connectivity index (χ1n) is 5.98. The van der Waals surface area contributed by atoms with Crippen LogP contribution in [0.2, 0.25) is 0 Å². The maximum Gasteiger partial charge on any atom is 0.0443 e. The summed E-state index contributed by atoms with van der Waals surface area (Å²) in [6.45, 7) is 7.09. The van der Waals surface area contributed by atoms with Crippen molar-refractivity contribution in [1.29, 1.82) is 0 Å². The number of hydrogen-bond acceptors (Lipinski definition) is 2. The highest BCUT2D eigenvalue weighted by Gasteiger charge is 2.30. The van der Waals surface area contributed by atoms with Crippen LogP contribution in [0.25, 0.3) is 0 Å². The Labute approximate surface area is 88.1 Å². The van der Waals surface area contributed by atoms with Crippen LogP contribution in [0.3, 0.4) is 0 Å². The van der Waals surface area contributed by atoms with Crippen molar-refractivity contribution in [2.45, 2.75) is 46.0 Å². The number of hydrogen-bond donors (Lipinski definition) is 2. The molecule has 14 heavy (non-hydrogen) atoms. The van der Waals surface area contributed by atoms with Crippen LogP contribution in [-0.4, -0.2) is 24.8 Å². The Morgan fingerprint density at radius 1 is 1.29 bits per heavy atom. The molecule has 1 fully saturated rings. The number of aliphatic hydroxyl groups excluding tert-OH is 1. The second-order valence-electron chi connectivity index (χ2n) is 5.22. The molecule has 0 aromatic carbocycles. The highest BCUT2D eigenvalue weighted by Crippen LogP contribution is 2.38. The molecule has 0 aromatic heterocycles. The summed E-state index contributed by atoms with van der Waals surface area (Å²) in [4.78, 5) is 0. The van der Waals surface area contributed by atoms with Gasteiger partial charge in [-0.2, -0.15) is 0 Å². The molecular formula is C12H25NO. The van der Waals surface area contributed by atoms with E-state index in [0.29, 0.717) is 12.0 Å². The molecule has 1 saturated carbocycles. The summed E-state index contributed by atoms with van der Waals surface area (Å²) in [7, 11) is 0. The molecule has 0 radical (unpaired) electrons. The summed E-state index contributed by atoms with van der Waals surface area (Å²) in [5.41, 5.74) is 0.436. The largest absolute Gasteiger partial charge is 0.396 e. The van der Waals surface area contributed by atoms with Crippen LogP contribution in [0.15, 0.2) is 0 Å². The van der Waals surface area contributed by atoms with Gasteiger partial charge in [0, 0.05) is 13.2 Å². The normalized spacial score (nSPS) is 19.1. The van der Waals surface area contributed by atoms with E-state index in [1.165, 1.54) is 25.7 Å². The Hall–Kier alpha value is -0.0800. The van der Waals surface area contributed by atoms with Crippen LogP contribution in [0, 0.1) is 11.3 Å². The predicted molar refractivity (Wildman–Crippen MR) is 60.3 cm³/mol. The summed E-state index contributed by atoms with van der Waals surface area (Å²) in [6.07, 6.45) is 6.54. The third-order valence-electron chi connectivity index (χ3n) is 3.55. The Morgan fingerprint density at radius 3 is 2.50 bits per heavy atom. The molecule has 0 spiro atoms. The first-order chi connectivity index (χ1) is 6.67. The van der Waals surface area contributed by atoms with Crippen molar-refractivity contribution < 1.29 is 5.11 Å². The smallest absolute Gasteiger partial charge is 0.0443 e. The van der Waals surface area contributed by atoms with Crippen molar-refractivity contribution >= 4 is 0 Å². The zero-order valence-corrected chi connectivity index (χ0v) is 9.68. The lowest BCUT2D eigenvalue weighted by Gasteiger charge is -2.32. The van der Waals surface area contributed by atoms with Gasteiger partial charge >= 0.3 is 0 Å². The third kappa shape index (κ3) is 3.58. The zero-order valence-electron chi connectivity index (χ0n) is 9.68. The number of nitrogens with one attached hydrogen (secondary N) is 1. The Kier molecular flexibility index (Phi) is 4.90. The molecule has 1 aliphatic carbocycles. The topological polar surface area (TPSA) is 32.3 Å². The summed E-state index contributed by atoms with van der Waals surface area (Å²) < 4.78 is 0. The molecule has 1 rings (SSSR count).